The maximum Gasteiger partial charge on any atom is 0.164 e. The normalized spacial score (nSPS) is 10.8. The SMILES string of the molecule is CC(=O)C(NC(N)=S)(c1ccccc1)c1ccccc1. The van der Waals surface area contributed by atoms with Crippen molar-refractivity contribution in [3.63, 3.8) is 0 Å². The van der Waals surface area contributed by atoms with E-state index < -0.39 is 5.54 Å². The Morgan fingerprint density at radius 1 is 1.00 bits per heavy atom. The van der Waals surface area contributed by atoms with E-state index >= 15 is 0 Å². The average Bonchev–Trinajstić information content (AvgIpc) is 2.46. The molecule has 3 N–H and O–H groups in total. The van der Waals surface area contributed by atoms with Crippen LogP contribution in [0.5, 0.6) is 0 Å². The molecule has 0 aliphatic heterocycles. The van der Waals surface area contributed by atoms with Crippen LogP contribution in [-0.2, 0) is 10.3 Å². The van der Waals surface area contributed by atoms with Gasteiger partial charge in [-0.1, -0.05) is 60.7 Å². The predicted molar refractivity (Wildman–Crippen MR) is 84.3 cm³/mol. The van der Waals surface area contributed by atoms with Gasteiger partial charge in [-0.2, -0.15) is 0 Å². The van der Waals surface area contributed by atoms with Crippen LogP contribution in [0, 0.1) is 0 Å². The van der Waals surface area contributed by atoms with Crippen molar-refractivity contribution in [2.45, 2.75) is 12.5 Å². The summed E-state index contributed by atoms with van der Waals surface area (Å²) in [7, 11) is 0. The molecule has 0 spiro atoms. The van der Waals surface area contributed by atoms with E-state index in [1.165, 1.54) is 6.92 Å². The largest absolute Gasteiger partial charge is 0.376 e. The van der Waals surface area contributed by atoms with E-state index in [0.717, 1.165) is 11.1 Å². The molecular weight excluding hydrogens is 268 g/mol. The molecule has 102 valence electrons. The highest BCUT2D eigenvalue weighted by molar-refractivity contribution is 7.80. The number of carbonyl (C=O) groups excluding carboxylic acids is 1. The first-order valence-electron chi connectivity index (χ1n) is 6.27. The Hall–Kier alpha value is -2.20. The molecule has 20 heavy (non-hydrogen) atoms. The summed E-state index contributed by atoms with van der Waals surface area (Å²) in [5.74, 6) is -0.0669. The molecule has 0 heterocycles. The molecule has 0 aliphatic rings. The van der Waals surface area contributed by atoms with Crippen LogP contribution in [0.1, 0.15) is 18.1 Å². The van der Waals surface area contributed by atoms with Crippen LogP contribution < -0.4 is 11.1 Å². The van der Waals surface area contributed by atoms with Gasteiger partial charge in [0.15, 0.2) is 10.9 Å². The molecule has 0 bridgehead atoms. The summed E-state index contributed by atoms with van der Waals surface area (Å²) in [6, 6.07) is 18.9. The predicted octanol–water partition coefficient (Wildman–Crippen LogP) is 2.35. The molecule has 0 aliphatic carbocycles. The number of carbonyl (C=O) groups is 1. The zero-order valence-electron chi connectivity index (χ0n) is 11.2. The minimum absolute atomic E-state index is 0.0669. The first-order valence-corrected chi connectivity index (χ1v) is 6.68. The van der Waals surface area contributed by atoms with Gasteiger partial charge in [0.05, 0.1) is 0 Å². The first-order chi connectivity index (χ1) is 9.57. The molecule has 0 atom stereocenters. The van der Waals surface area contributed by atoms with Crippen LogP contribution in [-0.4, -0.2) is 10.9 Å². The molecule has 0 fully saturated rings. The van der Waals surface area contributed by atoms with Gasteiger partial charge in [-0.15, -0.1) is 0 Å². The Bertz CT molecular complexity index is 571. The first kappa shape index (κ1) is 14.2. The quantitative estimate of drug-likeness (QED) is 0.846. The van der Waals surface area contributed by atoms with Crippen molar-refractivity contribution in [3.8, 4) is 0 Å². The molecule has 2 aromatic carbocycles. The number of Topliss-reactive ketones (excluding diaryl/α,β-unsaturated/α-hetero) is 1. The Kier molecular flexibility index (Phi) is 4.15. The van der Waals surface area contributed by atoms with E-state index in [1.807, 2.05) is 60.7 Å². The Morgan fingerprint density at radius 2 is 1.40 bits per heavy atom. The van der Waals surface area contributed by atoms with Crippen molar-refractivity contribution in [2.75, 3.05) is 0 Å². The maximum atomic E-state index is 12.4. The topological polar surface area (TPSA) is 55.1 Å². The van der Waals surface area contributed by atoms with Crippen molar-refractivity contribution in [1.82, 2.24) is 5.32 Å². The number of ketones is 1. The zero-order chi connectivity index (χ0) is 14.6. The molecule has 0 aromatic heterocycles. The summed E-state index contributed by atoms with van der Waals surface area (Å²) in [4.78, 5) is 12.4. The molecule has 4 heteroatoms. The van der Waals surface area contributed by atoms with Gasteiger partial charge >= 0.3 is 0 Å². The number of thiocarbonyl (C=S) groups is 1. The van der Waals surface area contributed by atoms with Crippen molar-refractivity contribution in [2.24, 2.45) is 5.73 Å². The van der Waals surface area contributed by atoms with Crippen LogP contribution in [0.2, 0.25) is 0 Å². The maximum absolute atomic E-state index is 12.4. The lowest BCUT2D eigenvalue weighted by atomic mass is 9.80. The van der Waals surface area contributed by atoms with Gasteiger partial charge in [0.2, 0.25) is 0 Å². The third-order valence-electron chi connectivity index (χ3n) is 3.25. The molecule has 2 aromatic rings. The number of nitrogens with two attached hydrogens (primary N) is 1. The molecule has 2 rings (SSSR count). The molecular formula is C16H16N2OS. The third-order valence-corrected chi connectivity index (χ3v) is 3.35. The van der Waals surface area contributed by atoms with Crippen molar-refractivity contribution < 1.29 is 4.79 Å². The highest BCUT2D eigenvalue weighted by Crippen LogP contribution is 2.30. The summed E-state index contributed by atoms with van der Waals surface area (Å²) >= 11 is 4.98. The molecule has 0 unspecified atom stereocenters. The van der Waals surface area contributed by atoms with Gasteiger partial charge in [0, 0.05) is 0 Å². The Balaban J connectivity index is 2.69. The van der Waals surface area contributed by atoms with Crippen molar-refractivity contribution >= 4 is 23.1 Å². The van der Waals surface area contributed by atoms with Crippen LogP contribution in [0.15, 0.2) is 60.7 Å². The van der Waals surface area contributed by atoms with Crippen LogP contribution >= 0.6 is 12.2 Å². The molecule has 3 nitrogen and oxygen atoms in total. The molecule has 0 saturated heterocycles. The van der Waals surface area contributed by atoms with E-state index in [2.05, 4.69) is 5.32 Å². The summed E-state index contributed by atoms with van der Waals surface area (Å²) in [5, 5.41) is 3.08. The fourth-order valence-electron chi connectivity index (χ4n) is 2.37. The van der Waals surface area contributed by atoms with Crippen LogP contribution in [0.3, 0.4) is 0 Å². The van der Waals surface area contributed by atoms with Gasteiger partial charge < -0.3 is 11.1 Å². The van der Waals surface area contributed by atoms with E-state index in [0.29, 0.717) is 0 Å². The van der Waals surface area contributed by atoms with Crippen LogP contribution in [0.4, 0.5) is 0 Å². The summed E-state index contributed by atoms with van der Waals surface area (Å²) in [6.45, 7) is 1.53. The fraction of sp³-hybridized carbons (Fsp3) is 0.125. The minimum atomic E-state index is -1.05. The lowest BCUT2D eigenvalue weighted by molar-refractivity contribution is -0.121. The average molecular weight is 284 g/mol. The smallest absolute Gasteiger partial charge is 0.164 e. The standard InChI is InChI=1S/C16H16N2OS/c1-12(19)16(18-15(17)20,13-8-4-2-5-9-13)14-10-6-3-7-11-14/h2-11H,1H3,(H3,17,18,20). The minimum Gasteiger partial charge on any atom is -0.376 e. The van der Waals surface area contributed by atoms with E-state index in [-0.39, 0.29) is 10.9 Å². The summed E-state index contributed by atoms with van der Waals surface area (Å²) in [5.41, 5.74) is 6.24. The molecule has 0 saturated carbocycles. The summed E-state index contributed by atoms with van der Waals surface area (Å²) in [6.07, 6.45) is 0. The molecule has 0 amide bonds. The number of rotatable bonds is 4. The highest BCUT2D eigenvalue weighted by Gasteiger charge is 2.39. The van der Waals surface area contributed by atoms with Gasteiger partial charge in [-0.05, 0) is 30.3 Å². The summed E-state index contributed by atoms with van der Waals surface area (Å²) < 4.78 is 0. The second-order valence-electron chi connectivity index (χ2n) is 4.53. The second-order valence-corrected chi connectivity index (χ2v) is 4.97. The molecule has 0 radical (unpaired) electrons. The fourth-order valence-corrected chi connectivity index (χ4v) is 2.52. The van der Waals surface area contributed by atoms with E-state index in [1.54, 1.807) is 0 Å². The van der Waals surface area contributed by atoms with E-state index in [9.17, 15) is 4.79 Å². The lowest BCUT2D eigenvalue weighted by Gasteiger charge is -2.33. The number of nitrogens with one attached hydrogen (secondary N) is 1. The van der Waals surface area contributed by atoms with Gasteiger partial charge in [-0.3, -0.25) is 4.79 Å². The Labute approximate surface area is 123 Å². The van der Waals surface area contributed by atoms with Crippen molar-refractivity contribution in [1.29, 1.82) is 0 Å². The number of hydrogen-bond acceptors (Lipinski definition) is 2. The lowest BCUT2D eigenvalue weighted by Crippen LogP contribution is -2.53. The number of hydrogen-bond donors (Lipinski definition) is 2. The zero-order valence-corrected chi connectivity index (χ0v) is 12.0. The Morgan fingerprint density at radius 3 is 1.70 bits per heavy atom. The van der Waals surface area contributed by atoms with Gasteiger partial charge in [-0.25, -0.2) is 0 Å². The number of benzene rings is 2. The second kappa shape index (κ2) is 5.84. The van der Waals surface area contributed by atoms with E-state index in [4.69, 9.17) is 18.0 Å². The van der Waals surface area contributed by atoms with Gasteiger partial charge in [0.25, 0.3) is 0 Å². The highest BCUT2D eigenvalue weighted by atomic mass is 32.1. The van der Waals surface area contributed by atoms with Crippen LogP contribution in [0.25, 0.3) is 0 Å². The third kappa shape index (κ3) is 2.56. The monoisotopic (exact) mass is 284 g/mol. The van der Waals surface area contributed by atoms with Crippen molar-refractivity contribution in [3.05, 3.63) is 71.8 Å². The van der Waals surface area contributed by atoms with Gasteiger partial charge in [0.1, 0.15) is 5.54 Å².